The molecule has 2 aromatic carbocycles. The number of methoxy groups -OCH3 is 2. The summed E-state index contributed by atoms with van der Waals surface area (Å²) in [5.74, 6) is -0.808. The zero-order valence-electron chi connectivity index (χ0n) is 35.3. The number of aromatic nitrogens is 1. The monoisotopic (exact) mass is 811 g/mol. The summed E-state index contributed by atoms with van der Waals surface area (Å²) in [6.07, 6.45) is 4.83. The fourth-order valence-corrected chi connectivity index (χ4v) is 13.4. The molecule has 2 saturated heterocycles. The van der Waals surface area contributed by atoms with Crippen molar-refractivity contribution < 1.29 is 39.5 Å². The van der Waals surface area contributed by atoms with E-state index in [0.29, 0.717) is 82.6 Å². The first kappa shape index (κ1) is 40.4. The molecule has 7 unspecified atom stereocenters. The highest BCUT2D eigenvalue weighted by molar-refractivity contribution is 5.95. The summed E-state index contributed by atoms with van der Waals surface area (Å²) in [6.45, 7) is 8.81. The molecule has 2 bridgehead atoms. The third-order valence-corrected chi connectivity index (χ3v) is 15.8. The summed E-state index contributed by atoms with van der Waals surface area (Å²) in [5, 5.41) is 51.9. The van der Waals surface area contributed by atoms with Gasteiger partial charge < -0.3 is 45.1 Å². The van der Waals surface area contributed by atoms with Crippen molar-refractivity contribution in [3.8, 4) is 5.75 Å². The van der Waals surface area contributed by atoms with E-state index in [1.807, 2.05) is 62.2 Å². The summed E-state index contributed by atoms with van der Waals surface area (Å²) in [6, 6.07) is 11.0. The Morgan fingerprint density at radius 2 is 1.83 bits per heavy atom. The number of aliphatic hydroxyl groups excluding tert-OH is 2. The number of amides is 1. The second-order valence-corrected chi connectivity index (χ2v) is 18.7. The van der Waals surface area contributed by atoms with Crippen LogP contribution in [0, 0.1) is 11.3 Å². The van der Waals surface area contributed by atoms with E-state index >= 15 is 4.79 Å². The first-order valence-corrected chi connectivity index (χ1v) is 21.6. The number of esters is 1. The number of rotatable bonds is 8. The molecular weight excluding hydrogens is 751 g/mol. The summed E-state index contributed by atoms with van der Waals surface area (Å²) in [5.41, 5.74) is -1.61. The number of piperidine rings is 1. The predicted octanol–water partition coefficient (Wildman–Crippen LogP) is 2.74. The Morgan fingerprint density at radius 3 is 2.54 bits per heavy atom. The van der Waals surface area contributed by atoms with Crippen molar-refractivity contribution in [3.63, 3.8) is 0 Å². The molecule has 3 fully saturated rings. The van der Waals surface area contributed by atoms with E-state index in [2.05, 4.69) is 32.2 Å². The van der Waals surface area contributed by atoms with Crippen LogP contribution in [-0.2, 0) is 31.6 Å². The number of aromatic amines is 1. The lowest BCUT2D eigenvalue weighted by Gasteiger charge is -2.63. The molecule has 6 N–H and O–H groups in total. The van der Waals surface area contributed by atoms with Crippen LogP contribution in [0.4, 0.5) is 5.69 Å². The highest BCUT2D eigenvalue weighted by Gasteiger charge is 2.78. The molecule has 1 aromatic heterocycles. The number of nitrogens with one attached hydrogen (secondary N) is 2. The van der Waals surface area contributed by atoms with Gasteiger partial charge in [0.15, 0.2) is 5.60 Å². The maximum absolute atomic E-state index is 15.3. The maximum atomic E-state index is 15.3. The first-order valence-electron chi connectivity index (χ1n) is 21.6. The number of hydrogen-bond acceptors (Lipinski definition) is 11. The Labute approximate surface area is 346 Å². The van der Waals surface area contributed by atoms with Gasteiger partial charge >= 0.3 is 5.97 Å². The minimum absolute atomic E-state index is 0.0903. The average Bonchev–Trinajstić information content (AvgIpc) is 3.89. The molecule has 9 rings (SSSR count). The fourth-order valence-electron chi connectivity index (χ4n) is 13.4. The third-order valence-electron chi connectivity index (χ3n) is 15.8. The first-order chi connectivity index (χ1) is 28.2. The Kier molecular flexibility index (Phi) is 9.62. The molecule has 1 amide bonds. The van der Waals surface area contributed by atoms with Crippen LogP contribution in [0.15, 0.2) is 48.6 Å². The molecule has 0 radical (unpaired) electrons. The Bertz CT molecular complexity index is 2210. The highest BCUT2D eigenvalue weighted by atomic mass is 16.5. The van der Waals surface area contributed by atoms with E-state index in [0.717, 1.165) is 33.4 Å². The number of hydrogen-bond donors (Lipinski definition) is 6. The van der Waals surface area contributed by atoms with Crippen LogP contribution >= 0.6 is 0 Å². The molecule has 1 aliphatic carbocycles. The van der Waals surface area contributed by atoms with Gasteiger partial charge in [-0.25, -0.2) is 0 Å². The lowest BCUT2D eigenvalue weighted by molar-refractivity contribution is -0.203. The number of likely N-dealkylation sites (N-methyl/N-ethyl adjacent to an activating group) is 1. The minimum Gasteiger partial charge on any atom is -0.496 e. The largest absolute Gasteiger partial charge is 0.496 e. The van der Waals surface area contributed by atoms with Crippen LogP contribution in [-0.4, -0.2) is 143 Å². The number of anilines is 1. The van der Waals surface area contributed by atoms with Gasteiger partial charge in [0.2, 0.25) is 0 Å². The number of ether oxygens (including phenoxy) is 2. The van der Waals surface area contributed by atoms with Gasteiger partial charge in [0.1, 0.15) is 17.3 Å². The number of aliphatic hydroxyl groups is 4. The third kappa shape index (κ3) is 5.37. The Morgan fingerprint density at radius 1 is 1.05 bits per heavy atom. The van der Waals surface area contributed by atoms with E-state index in [1.54, 1.807) is 14.0 Å². The van der Waals surface area contributed by atoms with Gasteiger partial charge in [-0.05, 0) is 81.2 Å². The van der Waals surface area contributed by atoms with Crippen molar-refractivity contribution in [1.29, 1.82) is 0 Å². The zero-order valence-corrected chi connectivity index (χ0v) is 35.3. The normalized spacial score (nSPS) is 37.7. The second kappa shape index (κ2) is 14.0. The van der Waals surface area contributed by atoms with Gasteiger partial charge in [-0.3, -0.25) is 19.4 Å². The fraction of sp³-hybridized carbons (Fsp3) is 0.609. The van der Waals surface area contributed by atoms with Crippen molar-refractivity contribution in [2.45, 2.75) is 106 Å². The van der Waals surface area contributed by atoms with Crippen LogP contribution in [0.25, 0.3) is 10.9 Å². The molecule has 5 aliphatic heterocycles. The quantitative estimate of drug-likeness (QED) is 0.146. The summed E-state index contributed by atoms with van der Waals surface area (Å²) >= 11 is 0. The smallest absolute Gasteiger partial charge is 0.322 e. The van der Waals surface area contributed by atoms with Crippen LogP contribution in [0.2, 0.25) is 0 Å². The van der Waals surface area contributed by atoms with Crippen molar-refractivity contribution in [1.82, 2.24) is 20.1 Å². The summed E-state index contributed by atoms with van der Waals surface area (Å²) in [7, 11) is 4.90. The molecular formula is C46H61N5O8. The number of carbonyl (C=O) groups excluding carboxylic acids is 2. The summed E-state index contributed by atoms with van der Waals surface area (Å²) < 4.78 is 12.3. The van der Waals surface area contributed by atoms with Crippen LogP contribution in [0.1, 0.15) is 75.3 Å². The molecule has 6 heterocycles. The van der Waals surface area contributed by atoms with Crippen molar-refractivity contribution in [3.05, 3.63) is 70.9 Å². The van der Waals surface area contributed by atoms with E-state index in [4.69, 9.17) is 9.47 Å². The lowest BCUT2D eigenvalue weighted by atomic mass is 9.47. The van der Waals surface area contributed by atoms with Crippen LogP contribution in [0.3, 0.4) is 0 Å². The number of fused-ring (bicyclic) bond motifs is 6. The Balaban J connectivity index is 1.34. The molecule has 6 aliphatic rings. The topological polar surface area (TPSA) is 171 Å². The predicted molar refractivity (Wildman–Crippen MR) is 224 cm³/mol. The SMILES string of the molecule is CCC1(O)CC2CN(CCc3c([nH]c4ccccc34)C(C(=O)OC)(c3cc4c(cc3OC)N(C)C3C45CCN4CC=C[C@](CC)(C45)[C@@H](O)[C@]3(O)C(=O)NC[C@@H](C)O)C2)C1. The van der Waals surface area contributed by atoms with Gasteiger partial charge in [-0.2, -0.15) is 0 Å². The minimum atomic E-state index is -2.31. The lowest BCUT2D eigenvalue weighted by Crippen LogP contribution is -2.81. The molecule has 13 heteroatoms. The Hall–Kier alpha value is -3.98. The standard InChI is InChI=1S/C46H61N5O8/c1-7-42(56)22-28-23-45(41(55)59-6,36-30(14-18-50(25-28)26-42)29-12-9-10-13-33(29)48-36)32-20-31-34(21-35(32)58-5)49(4)38-44(31)16-19-51-17-11-15-43(8-2,37(44)51)39(53)46(38,57)40(54)47-24-27(3)52/h9-13,15,20-21,27-28,37-39,48,52-53,56-57H,7-8,14,16-19,22-26H2,1-6H3,(H,47,54)/t27-,28?,37?,38?,39-,42?,43-,44?,45?,46+/m1/s1. The van der Waals surface area contributed by atoms with Crippen molar-refractivity contribution in [2.24, 2.45) is 11.3 Å². The number of H-pyrrole nitrogens is 1. The summed E-state index contributed by atoms with van der Waals surface area (Å²) in [4.78, 5) is 40.3. The van der Waals surface area contributed by atoms with E-state index in [1.165, 1.54) is 7.11 Å². The van der Waals surface area contributed by atoms with Gasteiger partial charge in [0, 0.05) is 90.6 Å². The van der Waals surface area contributed by atoms with Gasteiger partial charge in [-0.15, -0.1) is 0 Å². The molecule has 11 atom stereocenters. The second-order valence-electron chi connectivity index (χ2n) is 18.7. The molecule has 1 saturated carbocycles. The number of para-hydroxylation sites is 1. The molecule has 318 valence electrons. The van der Waals surface area contributed by atoms with Gasteiger partial charge in [0.25, 0.3) is 5.91 Å². The van der Waals surface area contributed by atoms with Crippen LogP contribution < -0.4 is 15.0 Å². The number of benzene rings is 2. The van der Waals surface area contributed by atoms with Gasteiger partial charge in [-0.1, -0.05) is 44.2 Å². The van der Waals surface area contributed by atoms with E-state index in [9.17, 15) is 25.2 Å². The average molecular weight is 812 g/mol. The van der Waals surface area contributed by atoms with E-state index < -0.39 is 57.6 Å². The zero-order chi connectivity index (χ0) is 41.9. The number of nitrogens with zero attached hydrogens (tertiary/aromatic N) is 3. The number of carbonyl (C=O) groups is 2. The van der Waals surface area contributed by atoms with E-state index in [-0.39, 0.29) is 18.5 Å². The van der Waals surface area contributed by atoms with Crippen molar-refractivity contribution >= 4 is 28.5 Å². The molecule has 3 aromatic rings. The maximum Gasteiger partial charge on any atom is 0.322 e. The highest BCUT2D eigenvalue weighted by Crippen LogP contribution is 2.67. The molecule has 13 nitrogen and oxygen atoms in total. The molecule has 59 heavy (non-hydrogen) atoms. The van der Waals surface area contributed by atoms with Gasteiger partial charge in [0.05, 0.1) is 32.0 Å². The van der Waals surface area contributed by atoms with Crippen molar-refractivity contribution in [2.75, 3.05) is 65.4 Å². The molecule has 1 spiro atoms. The van der Waals surface area contributed by atoms with Crippen LogP contribution in [0.5, 0.6) is 5.75 Å².